The molecule has 0 aromatic rings. The average molecular weight is 267 g/mol. The molecule has 84 valence electrons. The molecule has 4 heteroatoms. The molecule has 0 aliphatic heterocycles. The van der Waals surface area contributed by atoms with Gasteiger partial charge in [0, 0.05) is 6.61 Å². The van der Waals surface area contributed by atoms with Crippen LogP contribution in [0.2, 0.25) is 0 Å². The maximum atomic E-state index is 9.33. The number of aliphatic hydroxyl groups excluding tert-OH is 1. The Morgan fingerprint density at radius 2 is 2.00 bits per heavy atom. The molecule has 0 saturated heterocycles. The summed E-state index contributed by atoms with van der Waals surface area (Å²) >= 11 is 3.36. The second-order valence-corrected chi connectivity index (χ2v) is 4.25. The van der Waals surface area contributed by atoms with E-state index in [9.17, 15) is 5.11 Å². The normalized spacial score (nSPS) is 30.2. The average Bonchev–Trinajstić information content (AvgIpc) is 2.20. The second-order valence-electron chi connectivity index (χ2n) is 3.61. The SMILES string of the molecule is CCOC(CBr)OC1CCC(O)CC1. The van der Waals surface area contributed by atoms with Crippen LogP contribution in [0.3, 0.4) is 0 Å². The van der Waals surface area contributed by atoms with Gasteiger partial charge in [-0.05, 0) is 32.6 Å². The van der Waals surface area contributed by atoms with Crippen LogP contribution in [0.1, 0.15) is 32.6 Å². The van der Waals surface area contributed by atoms with Crippen LogP contribution in [0, 0.1) is 0 Å². The van der Waals surface area contributed by atoms with Gasteiger partial charge in [-0.25, -0.2) is 0 Å². The molecule has 1 saturated carbocycles. The summed E-state index contributed by atoms with van der Waals surface area (Å²) in [5.41, 5.74) is 0. The third-order valence-corrected chi connectivity index (χ3v) is 3.00. The molecular weight excluding hydrogens is 248 g/mol. The van der Waals surface area contributed by atoms with Crippen LogP contribution in [-0.4, -0.2) is 35.5 Å². The molecule has 1 aliphatic carbocycles. The summed E-state index contributed by atoms with van der Waals surface area (Å²) in [6.07, 6.45) is 3.59. The first-order valence-corrected chi connectivity index (χ1v) is 6.39. The van der Waals surface area contributed by atoms with Gasteiger partial charge in [0.1, 0.15) is 0 Å². The van der Waals surface area contributed by atoms with Crippen molar-refractivity contribution in [3.8, 4) is 0 Å². The highest BCUT2D eigenvalue weighted by Crippen LogP contribution is 2.22. The molecule has 1 rings (SSSR count). The standard InChI is InChI=1S/C10H19BrO3/c1-2-13-10(7-11)14-9-5-3-8(12)4-6-9/h8-10,12H,2-7H2,1H3. The molecular formula is C10H19BrO3. The van der Waals surface area contributed by atoms with Crippen molar-refractivity contribution in [3.05, 3.63) is 0 Å². The van der Waals surface area contributed by atoms with Crippen LogP contribution in [-0.2, 0) is 9.47 Å². The fraction of sp³-hybridized carbons (Fsp3) is 1.00. The van der Waals surface area contributed by atoms with E-state index in [1.165, 1.54) is 0 Å². The topological polar surface area (TPSA) is 38.7 Å². The van der Waals surface area contributed by atoms with Gasteiger partial charge in [0.2, 0.25) is 0 Å². The molecule has 0 amide bonds. The van der Waals surface area contributed by atoms with E-state index in [0.29, 0.717) is 11.9 Å². The van der Waals surface area contributed by atoms with Crippen molar-refractivity contribution in [2.24, 2.45) is 0 Å². The van der Waals surface area contributed by atoms with Crippen LogP contribution >= 0.6 is 15.9 Å². The lowest BCUT2D eigenvalue weighted by molar-refractivity contribution is -0.164. The Labute approximate surface area is 93.9 Å². The fourth-order valence-electron chi connectivity index (χ4n) is 1.70. The highest BCUT2D eigenvalue weighted by Gasteiger charge is 2.22. The summed E-state index contributed by atoms with van der Waals surface area (Å²) in [6.45, 7) is 2.63. The number of rotatable bonds is 5. The molecule has 1 N–H and O–H groups in total. The summed E-state index contributed by atoms with van der Waals surface area (Å²) in [7, 11) is 0. The fourth-order valence-corrected chi connectivity index (χ4v) is 2.04. The van der Waals surface area contributed by atoms with Crippen molar-refractivity contribution in [2.45, 2.75) is 51.1 Å². The predicted octanol–water partition coefficient (Wildman–Crippen LogP) is 2.06. The van der Waals surface area contributed by atoms with E-state index in [1.807, 2.05) is 6.92 Å². The largest absolute Gasteiger partial charge is 0.393 e. The lowest BCUT2D eigenvalue weighted by Crippen LogP contribution is -2.30. The smallest absolute Gasteiger partial charge is 0.167 e. The highest BCUT2D eigenvalue weighted by molar-refractivity contribution is 9.09. The van der Waals surface area contributed by atoms with Crippen molar-refractivity contribution in [1.29, 1.82) is 0 Å². The van der Waals surface area contributed by atoms with Gasteiger partial charge in [0.25, 0.3) is 0 Å². The second kappa shape index (κ2) is 6.77. The Balaban J connectivity index is 2.21. The van der Waals surface area contributed by atoms with Gasteiger partial charge < -0.3 is 14.6 Å². The van der Waals surface area contributed by atoms with Gasteiger partial charge in [-0.1, -0.05) is 15.9 Å². The summed E-state index contributed by atoms with van der Waals surface area (Å²) in [6, 6.07) is 0. The van der Waals surface area contributed by atoms with Crippen molar-refractivity contribution < 1.29 is 14.6 Å². The molecule has 0 spiro atoms. The van der Waals surface area contributed by atoms with Crippen LogP contribution in [0.4, 0.5) is 0 Å². The molecule has 3 nitrogen and oxygen atoms in total. The van der Waals surface area contributed by atoms with Crippen LogP contribution in [0.25, 0.3) is 0 Å². The van der Waals surface area contributed by atoms with E-state index in [0.717, 1.165) is 25.7 Å². The molecule has 0 bridgehead atoms. The Hall–Kier alpha value is 0.360. The molecule has 14 heavy (non-hydrogen) atoms. The first-order valence-electron chi connectivity index (χ1n) is 5.27. The lowest BCUT2D eigenvalue weighted by Gasteiger charge is -2.28. The first-order chi connectivity index (χ1) is 6.76. The van der Waals surface area contributed by atoms with Crippen LogP contribution in [0.15, 0.2) is 0 Å². The van der Waals surface area contributed by atoms with Gasteiger partial charge in [0.15, 0.2) is 6.29 Å². The zero-order chi connectivity index (χ0) is 10.4. The number of hydrogen-bond donors (Lipinski definition) is 1. The number of ether oxygens (including phenoxy) is 2. The van der Waals surface area contributed by atoms with E-state index in [4.69, 9.17) is 9.47 Å². The van der Waals surface area contributed by atoms with Crippen molar-refractivity contribution in [3.63, 3.8) is 0 Å². The van der Waals surface area contributed by atoms with Gasteiger partial charge in [-0.2, -0.15) is 0 Å². The molecule has 1 atom stereocenters. The number of hydrogen-bond acceptors (Lipinski definition) is 3. The lowest BCUT2D eigenvalue weighted by atomic mass is 9.95. The molecule has 1 fully saturated rings. The maximum absolute atomic E-state index is 9.33. The molecule has 1 aliphatic rings. The van der Waals surface area contributed by atoms with Gasteiger partial charge in [-0.3, -0.25) is 0 Å². The minimum atomic E-state index is -0.139. The Kier molecular flexibility index (Phi) is 6.01. The quantitative estimate of drug-likeness (QED) is 0.612. The molecule has 0 aromatic heterocycles. The summed E-state index contributed by atoms with van der Waals surface area (Å²) < 4.78 is 11.1. The molecule has 1 unspecified atom stereocenters. The predicted molar refractivity (Wildman–Crippen MR) is 58.6 cm³/mol. The number of aliphatic hydroxyl groups is 1. The van der Waals surface area contributed by atoms with Crippen molar-refractivity contribution in [1.82, 2.24) is 0 Å². The van der Waals surface area contributed by atoms with E-state index in [1.54, 1.807) is 0 Å². The van der Waals surface area contributed by atoms with E-state index < -0.39 is 0 Å². The van der Waals surface area contributed by atoms with Gasteiger partial charge >= 0.3 is 0 Å². The van der Waals surface area contributed by atoms with Gasteiger partial charge in [0.05, 0.1) is 17.5 Å². The third-order valence-electron chi connectivity index (χ3n) is 2.47. The number of halogens is 1. The van der Waals surface area contributed by atoms with Crippen LogP contribution in [0.5, 0.6) is 0 Å². The van der Waals surface area contributed by atoms with Crippen molar-refractivity contribution >= 4 is 15.9 Å². The minimum absolute atomic E-state index is 0.121. The summed E-state index contributed by atoms with van der Waals surface area (Å²) in [5, 5.41) is 10.0. The van der Waals surface area contributed by atoms with E-state index >= 15 is 0 Å². The number of alkyl halides is 1. The molecule has 0 aromatic carbocycles. The highest BCUT2D eigenvalue weighted by atomic mass is 79.9. The monoisotopic (exact) mass is 266 g/mol. The Morgan fingerprint density at radius 3 is 2.50 bits per heavy atom. The molecule has 0 radical (unpaired) electrons. The van der Waals surface area contributed by atoms with Gasteiger partial charge in [-0.15, -0.1) is 0 Å². The zero-order valence-electron chi connectivity index (χ0n) is 8.62. The van der Waals surface area contributed by atoms with E-state index in [2.05, 4.69) is 15.9 Å². The Bertz CT molecular complexity index is 146. The Morgan fingerprint density at radius 1 is 1.36 bits per heavy atom. The zero-order valence-corrected chi connectivity index (χ0v) is 10.2. The third kappa shape index (κ3) is 4.26. The van der Waals surface area contributed by atoms with Crippen LogP contribution < -0.4 is 0 Å². The summed E-state index contributed by atoms with van der Waals surface area (Å²) in [4.78, 5) is 0. The maximum Gasteiger partial charge on any atom is 0.167 e. The van der Waals surface area contributed by atoms with Crippen molar-refractivity contribution in [2.75, 3.05) is 11.9 Å². The minimum Gasteiger partial charge on any atom is -0.393 e. The summed E-state index contributed by atoms with van der Waals surface area (Å²) in [5.74, 6) is 0. The molecule has 0 heterocycles. The van der Waals surface area contributed by atoms with E-state index in [-0.39, 0.29) is 18.5 Å². The first kappa shape index (κ1) is 12.4.